The summed E-state index contributed by atoms with van der Waals surface area (Å²) in [7, 11) is 0. The summed E-state index contributed by atoms with van der Waals surface area (Å²) in [5.41, 5.74) is 0.437. The molecule has 1 N–H and O–H groups in total. The van der Waals surface area contributed by atoms with Gasteiger partial charge in [-0.2, -0.15) is 4.98 Å². The highest BCUT2D eigenvalue weighted by molar-refractivity contribution is 4.97. The van der Waals surface area contributed by atoms with Gasteiger partial charge in [0.15, 0.2) is 5.82 Å². The molecule has 2 saturated heterocycles. The first-order valence-electron chi connectivity index (χ1n) is 7.38. The van der Waals surface area contributed by atoms with E-state index in [9.17, 15) is 0 Å². The van der Waals surface area contributed by atoms with Crippen LogP contribution in [0.2, 0.25) is 0 Å². The summed E-state index contributed by atoms with van der Waals surface area (Å²) in [6, 6.07) is 0. The Labute approximate surface area is 114 Å². The second-order valence-corrected chi connectivity index (χ2v) is 6.49. The molecule has 0 saturated carbocycles. The van der Waals surface area contributed by atoms with E-state index in [1.54, 1.807) is 0 Å². The number of likely N-dealkylation sites (tertiary alicyclic amines) is 1. The number of nitrogens with one attached hydrogen (secondary N) is 1. The van der Waals surface area contributed by atoms with Crippen LogP contribution in [0.4, 0.5) is 0 Å². The van der Waals surface area contributed by atoms with Crippen molar-refractivity contribution in [2.24, 2.45) is 5.41 Å². The number of piperidine rings is 1. The molecule has 2 aliphatic rings. The Morgan fingerprint density at radius 1 is 1.53 bits per heavy atom. The van der Waals surface area contributed by atoms with E-state index in [0.717, 1.165) is 31.3 Å². The minimum absolute atomic E-state index is 0.424. The van der Waals surface area contributed by atoms with Crippen LogP contribution in [0.25, 0.3) is 0 Å². The minimum Gasteiger partial charge on any atom is -0.339 e. The lowest BCUT2D eigenvalue weighted by atomic mass is 9.87. The monoisotopic (exact) mass is 264 g/mol. The van der Waals surface area contributed by atoms with E-state index in [1.807, 2.05) is 6.92 Å². The Balaban J connectivity index is 1.61. The molecule has 0 spiro atoms. The van der Waals surface area contributed by atoms with Crippen molar-refractivity contribution in [2.75, 3.05) is 32.7 Å². The Kier molecular flexibility index (Phi) is 3.58. The maximum absolute atomic E-state index is 5.35. The minimum atomic E-state index is 0.424. The van der Waals surface area contributed by atoms with Gasteiger partial charge in [0.2, 0.25) is 5.89 Å². The van der Waals surface area contributed by atoms with Crippen LogP contribution in [0.5, 0.6) is 0 Å². The van der Waals surface area contributed by atoms with E-state index in [-0.39, 0.29) is 0 Å². The van der Waals surface area contributed by atoms with Crippen molar-refractivity contribution >= 4 is 0 Å². The normalized spacial score (nSPS) is 32.8. The Hall–Kier alpha value is -0.940. The highest BCUT2D eigenvalue weighted by atomic mass is 16.5. The molecule has 2 aliphatic heterocycles. The van der Waals surface area contributed by atoms with E-state index >= 15 is 0 Å². The Bertz CT molecular complexity index is 425. The van der Waals surface area contributed by atoms with Gasteiger partial charge in [-0.3, -0.25) is 0 Å². The van der Waals surface area contributed by atoms with Gasteiger partial charge in [0.05, 0.1) is 5.92 Å². The number of hydrogen-bond donors (Lipinski definition) is 1. The molecule has 3 rings (SSSR count). The average molecular weight is 264 g/mol. The van der Waals surface area contributed by atoms with Gasteiger partial charge in [-0.25, -0.2) is 0 Å². The van der Waals surface area contributed by atoms with Crippen LogP contribution in [-0.2, 0) is 0 Å². The first-order valence-corrected chi connectivity index (χ1v) is 7.38. The molecular formula is C14H24N4O. The van der Waals surface area contributed by atoms with E-state index in [2.05, 4.69) is 27.3 Å². The van der Waals surface area contributed by atoms with Crippen LogP contribution in [0.15, 0.2) is 4.52 Å². The highest BCUT2D eigenvalue weighted by Gasteiger charge is 2.33. The van der Waals surface area contributed by atoms with E-state index in [4.69, 9.17) is 4.52 Å². The van der Waals surface area contributed by atoms with Gasteiger partial charge in [-0.1, -0.05) is 12.1 Å². The topological polar surface area (TPSA) is 54.2 Å². The second-order valence-electron chi connectivity index (χ2n) is 6.49. The van der Waals surface area contributed by atoms with Crippen molar-refractivity contribution in [3.05, 3.63) is 11.7 Å². The third-order valence-corrected chi connectivity index (χ3v) is 4.46. The summed E-state index contributed by atoms with van der Waals surface area (Å²) in [6.07, 6.45) is 3.69. The molecule has 1 aromatic rings. The zero-order valence-electron chi connectivity index (χ0n) is 12.0. The molecule has 1 aromatic heterocycles. The van der Waals surface area contributed by atoms with Crippen LogP contribution in [0.1, 0.15) is 43.8 Å². The summed E-state index contributed by atoms with van der Waals surface area (Å²) in [5, 5.41) is 7.40. The van der Waals surface area contributed by atoms with Gasteiger partial charge < -0.3 is 14.7 Å². The first kappa shape index (κ1) is 13.1. The van der Waals surface area contributed by atoms with Crippen LogP contribution >= 0.6 is 0 Å². The lowest BCUT2D eigenvalue weighted by Crippen LogP contribution is -2.42. The van der Waals surface area contributed by atoms with Crippen molar-refractivity contribution in [2.45, 2.75) is 39.0 Å². The summed E-state index contributed by atoms with van der Waals surface area (Å²) in [6.45, 7) is 10.1. The van der Waals surface area contributed by atoms with Crippen molar-refractivity contribution in [3.63, 3.8) is 0 Å². The fourth-order valence-electron chi connectivity index (χ4n) is 3.42. The summed E-state index contributed by atoms with van der Waals surface area (Å²) in [4.78, 5) is 6.99. The lowest BCUT2D eigenvalue weighted by Gasteiger charge is -2.36. The van der Waals surface area contributed by atoms with Crippen molar-refractivity contribution in [1.29, 1.82) is 0 Å². The molecule has 5 nitrogen and oxygen atoms in total. The van der Waals surface area contributed by atoms with Crippen LogP contribution in [-0.4, -0.2) is 47.8 Å². The van der Waals surface area contributed by atoms with E-state index in [1.165, 1.54) is 32.4 Å². The summed E-state index contributed by atoms with van der Waals surface area (Å²) in [5.74, 6) is 2.00. The second kappa shape index (κ2) is 5.21. The molecule has 106 valence electrons. The Morgan fingerprint density at radius 3 is 3.11 bits per heavy atom. The molecule has 0 bridgehead atoms. The van der Waals surface area contributed by atoms with Gasteiger partial charge in [0.1, 0.15) is 0 Å². The third kappa shape index (κ3) is 2.98. The molecule has 2 fully saturated rings. The number of aryl methyl sites for hydroxylation is 1. The van der Waals surface area contributed by atoms with Gasteiger partial charge in [-0.15, -0.1) is 0 Å². The van der Waals surface area contributed by atoms with Crippen LogP contribution in [0, 0.1) is 12.3 Å². The first-order chi connectivity index (χ1) is 9.15. The maximum Gasteiger partial charge on any atom is 0.231 e. The van der Waals surface area contributed by atoms with Gasteiger partial charge in [0.25, 0.3) is 0 Å². The third-order valence-electron chi connectivity index (χ3n) is 4.46. The van der Waals surface area contributed by atoms with Crippen molar-refractivity contribution in [1.82, 2.24) is 20.4 Å². The molecule has 0 radical (unpaired) electrons. The summed E-state index contributed by atoms with van der Waals surface area (Å²) >= 11 is 0. The largest absolute Gasteiger partial charge is 0.339 e. The standard InChI is InChI=1S/C14H24N4O/c1-11-16-13(19-17-11)12-4-3-7-18(8-12)10-14(2)5-6-15-9-14/h12,15H,3-10H2,1-2H3. The van der Waals surface area contributed by atoms with E-state index in [0.29, 0.717) is 11.3 Å². The zero-order valence-corrected chi connectivity index (χ0v) is 12.0. The predicted octanol–water partition coefficient (Wildman–Crippen LogP) is 1.56. The number of nitrogens with zero attached hydrogens (tertiary/aromatic N) is 3. The lowest BCUT2D eigenvalue weighted by molar-refractivity contribution is 0.131. The number of aromatic nitrogens is 2. The van der Waals surface area contributed by atoms with Crippen LogP contribution < -0.4 is 5.32 Å². The average Bonchev–Trinajstić information content (AvgIpc) is 2.99. The van der Waals surface area contributed by atoms with Gasteiger partial charge in [0, 0.05) is 19.6 Å². The van der Waals surface area contributed by atoms with Gasteiger partial charge >= 0.3 is 0 Å². The quantitative estimate of drug-likeness (QED) is 0.898. The van der Waals surface area contributed by atoms with Crippen LogP contribution in [0.3, 0.4) is 0 Å². The molecule has 2 atom stereocenters. The molecular weight excluding hydrogens is 240 g/mol. The summed E-state index contributed by atoms with van der Waals surface area (Å²) < 4.78 is 5.35. The molecule has 2 unspecified atom stereocenters. The molecule has 0 aromatic carbocycles. The van der Waals surface area contributed by atoms with Crippen molar-refractivity contribution in [3.8, 4) is 0 Å². The highest BCUT2D eigenvalue weighted by Crippen LogP contribution is 2.30. The van der Waals surface area contributed by atoms with E-state index < -0.39 is 0 Å². The molecule has 19 heavy (non-hydrogen) atoms. The maximum atomic E-state index is 5.35. The predicted molar refractivity (Wildman–Crippen MR) is 73.0 cm³/mol. The number of rotatable bonds is 3. The SMILES string of the molecule is Cc1noc(C2CCCN(CC3(C)CCNC3)C2)n1. The molecule has 0 aliphatic carbocycles. The van der Waals surface area contributed by atoms with Gasteiger partial charge in [-0.05, 0) is 44.7 Å². The molecule has 3 heterocycles. The molecule has 0 amide bonds. The van der Waals surface area contributed by atoms with Crippen molar-refractivity contribution < 1.29 is 4.52 Å². The zero-order chi connectivity index (χ0) is 13.3. The number of hydrogen-bond acceptors (Lipinski definition) is 5. The molecule has 5 heteroatoms. The fourth-order valence-corrected chi connectivity index (χ4v) is 3.42. The Morgan fingerprint density at radius 2 is 2.42 bits per heavy atom. The smallest absolute Gasteiger partial charge is 0.231 e. The fraction of sp³-hybridized carbons (Fsp3) is 0.857.